The van der Waals surface area contributed by atoms with Crippen LogP contribution < -0.4 is 10.3 Å². The van der Waals surface area contributed by atoms with E-state index in [4.69, 9.17) is 0 Å². The Labute approximate surface area is 106 Å². The molecule has 0 aliphatic carbocycles. The smallest absolute Gasteiger partial charge is 0.235 e. The summed E-state index contributed by atoms with van der Waals surface area (Å²) in [6, 6.07) is 20.3. The number of para-hydroxylation sites is 2. The second kappa shape index (κ2) is 6.11. The van der Waals surface area contributed by atoms with Crippen LogP contribution in [0.2, 0.25) is 0 Å². The molecule has 0 radical (unpaired) electrons. The minimum absolute atomic E-state index is 1.02. The van der Waals surface area contributed by atoms with Crippen molar-refractivity contribution in [3.63, 3.8) is 0 Å². The molecule has 0 unspecified atom stereocenters. The maximum absolute atomic E-state index is 3.35. The summed E-state index contributed by atoms with van der Waals surface area (Å²) >= 11 is 1.65. The van der Waals surface area contributed by atoms with Crippen molar-refractivity contribution in [2.45, 2.75) is 0 Å². The average Bonchev–Trinajstić information content (AvgIpc) is 2.40. The first-order valence-electron chi connectivity index (χ1n) is 5.43. The lowest BCUT2D eigenvalue weighted by Crippen LogP contribution is -2.67. The number of nitrogens with one attached hydrogen (secondary N) is 2. The lowest BCUT2D eigenvalue weighted by atomic mass is 10.3. The number of anilines is 1. The summed E-state index contributed by atoms with van der Waals surface area (Å²) in [6.07, 6.45) is 2.04. The van der Waals surface area contributed by atoms with E-state index in [1.54, 1.807) is 11.8 Å². The molecular formula is C14H15N2S+. The molecule has 0 atom stereocenters. The Morgan fingerprint density at radius 2 is 1.53 bits per heavy atom. The summed E-state index contributed by atoms with van der Waals surface area (Å²) < 4.78 is 0. The molecule has 2 aromatic rings. The average molecular weight is 243 g/mol. The summed E-state index contributed by atoms with van der Waals surface area (Å²) in [5.74, 6) is 0. The highest BCUT2D eigenvalue weighted by molar-refractivity contribution is 8.13. The molecular weight excluding hydrogens is 228 g/mol. The second-order valence-electron chi connectivity index (χ2n) is 3.52. The van der Waals surface area contributed by atoms with Gasteiger partial charge in [0.05, 0.1) is 0 Å². The fraction of sp³-hybridized carbons (Fsp3) is 0.0714. The highest BCUT2D eigenvalue weighted by Gasteiger charge is 2.05. The molecule has 2 aromatic carbocycles. The summed E-state index contributed by atoms with van der Waals surface area (Å²) in [5, 5.41) is 4.36. The van der Waals surface area contributed by atoms with Crippen LogP contribution in [0.3, 0.4) is 0 Å². The Hall–Kier alpha value is -1.74. The van der Waals surface area contributed by atoms with Crippen LogP contribution in [0.15, 0.2) is 60.7 Å². The standard InChI is InChI=1S/C14H14N2S/c1-17-14(15-12-8-4-2-5-9-12)16-13-10-6-3-7-11-13/h2-11H,1H3,(H,15,16)/p+1. The van der Waals surface area contributed by atoms with Gasteiger partial charge in [-0.25, -0.2) is 10.3 Å². The fourth-order valence-electron chi connectivity index (χ4n) is 1.44. The lowest BCUT2D eigenvalue weighted by molar-refractivity contribution is -0.349. The molecule has 86 valence electrons. The van der Waals surface area contributed by atoms with Gasteiger partial charge in [0, 0.05) is 0 Å². The van der Waals surface area contributed by atoms with E-state index in [0.29, 0.717) is 0 Å². The quantitative estimate of drug-likeness (QED) is 0.625. The van der Waals surface area contributed by atoms with E-state index in [1.165, 1.54) is 0 Å². The van der Waals surface area contributed by atoms with E-state index >= 15 is 0 Å². The molecule has 0 saturated carbocycles. The lowest BCUT2D eigenvalue weighted by Gasteiger charge is -1.99. The molecule has 0 saturated heterocycles. The summed E-state index contributed by atoms with van der Waals surface area (Å²) in [4.78, 5) is 3.35. The molecule has 0 spiro atoms. The van der Waals surface area contributed by atoms with Gasteiger partial charge < -0.3 is 0 Å². The van der Waals surface area contributed by atoms with Gasteiger partial charge in [0.1, 0.15) is 11.4 Å². The SMILES string of the molecule is CSC(Nc1ccccc1)=[NH+]c1ccccc1. The first-order valence-corrected chi connectivity index (χ1v) is 6.66. The monoisotopic (exact) mass is 243 g/mol. The molecule has 0 aliphatic heterocycles. The predicted octanol–water partition coefficient (Wildman–Crippen LogP) is 2.23. The van der Waals surface area contributed by atoms with Crippen molar-refractivity contribution in [1.82, 2.24) is 0 Å². The van der Waals surface area contributed by atoms with Gasteiger partial charge in [-0.05, 0) is 42.3 Å². The third-order valence-corrected chi connectivity index (χ3v) is 2.88. The molecule has 0 amide bonds. The van der Waals surface area contributed by atoms with Crippen molar-refractivity contribution in [2.75, 3.05) is 11.6 Å². The van der Waals surface area contributed by atoms with Crippen molar-refractivity contribution >= 4 is 28.3 Å². The van der Waals surface area contributed by atoms with Crippen molar-refractivity contribution in [1.29, 1.82) is 0 Å². The Bertz CT molecular complexity index is 480. The van der Waals surface area contributed by atoms with Gasteiger partial charge in [-0.2, -0.15) is 0 Å². The summed E-state index contributed by atoms with van der Waals surface area (Å²) in [5.41, 5.74) is 2.17. The maximum Gasteiger partial charge on any atom is 0.313 e. The molecule has 0 fully saturated rings. The van der Waals surface area contributed by atoms with E-state index in [1.807, 2.05) is 66.9 Å². The van der Waals surface area contributed by atoms with E-state index in [2.05, 4.69) is 10.3 Å². The summed E-state index contributed by atoms with van der Waals surface area (Å²) in [7, 11) is 0. The van der Waals surface area contributed by atoms with Crippen molar-refractivity contribution in [3.8, 4) is 0 Å². The molecule has 0 aliphatic rings. The van der Waals surface area contributed by atoms with Crippen LogP contribution in [0, 0.1) is 0 Å². The molecule has 0 heterocycles. The Morgan fingerprint density at radius 3 is 2.12 bits per heavy atom. The van der Waals surface area contributed by atoms with Crippen LogP contribution in [-0.4, -0.2) is 11.4 Å². The summed E-state index contributed by atoms with van der Waals surface area (Å²) in [6.45, 7) is 0. The maximum atomic E-state index is 3.35. The molecule has 17 heavy (non-hydrogen) atoms. The van der Waals surface area contributed by atoms with Gasteiger partial charge in [0.2, 0.25) is 0 Å². The zero-order valence-corrected chi connectivity index (χ0v) is 10.5. The number of benzene rings is 2. The van der Waals surface area contributed by atoms with Crippen molar-refractivity contribution in [3.05, 3.63) is 60.7 Å². The van der Waals surface area contributed by atoms with Gasteiger partial charge in [0.15, 0.2) is 0 Å². The van der Waals surface area contributed by atoms with E-state index in [9.17, 15) is 0 Å². The van der Waals surface area contributed by atoms with Crippen LogP contribution in [0.5, 0.6) is 0 Å². The highest BCUT2D eigenvalue weighted by atomic mass is 32.2. The molecule has 2 nitrogen and oxygen atoms in total. The van der Waals surface area contributed by atoms with Crippen LogP contribution >= 0.6 is 11.8 Å². The molecule has 3 heteroatoms. The zero-order valence-electron chi connectivity index (χ0n) is 9.68. The number of rotatable bonds is 2. The Kier molecular flexibility index (Phi) is 4.22. The Morgan fingerprint density at radius 1 is 0.941 bits per heavy atom. The van der Waals surface area contributed by atoms with Gasteiger partial charge in [-0.3, -0.25) is 0 Å². The van der Waals surface area contributed by atoms with Crippen molar-refractivity contribution in [2.24, 2.45) is 0 Å². The van der Waals surface area contributed by atoms with Crippen LogP contribution in [0.1, 0.15) is 0 Å². The largest absolute Gasteiger partial charge is 0.313 e. The van der Waals surface area contributed by atoms with Gasteiger partial charge in [-0.15, -0.1) is 0 Å². The number of thioether (sulfide) groups is 1. The van der Waals surface area contributed by atoms with Crippen LogP contribution in [0.25, 0.3) is 0 Å². The minimum atomic E-state index is 1.02. The first kappa shape index (κ1) is 11.7. The van der Waals surface area contributed by atoms with E-state index in [0.717, 1.165) is 16.5 Å². The molecule has 0 aromatic heterocycles. The van der Waals surface area contributed by atoms with Crippen LogP contribution in [0.4, 0.5) is 11.4 Å². The third-order valence-electron chi connectivity index (χ3n) is 2.27. The number of amidine groups is 1. The van der Waals surface area contributed by atoms with E-state index in [-0.39, 0.29) is 0 Å². The van der Waals surface area contributed by atoms with E-state index < -0.39 is 0 Å². The first-order chi connectivity index (χ1) is 8.38. The zero-order chi connectivity index (χ0) is 11.9. The second-order valence-corrected chi connectivity index (χ2v) is 4.33. The Balaban J connectivity index is 2.15. The third kappa shape index (κ3) is 3.64. The molecule has 2 N–H and O–H groups in total. The normalized spacial score (nSPS) is 11.2. The predicted molar refractivity (Wildman–Crippen MR) is 75.7 cm³/mol. The molecule has 2 rings (SSSR count). The minimum Gasteiger partial charge on any atom is -0.235 e. The topological polar surface area (TPSA) is 26.0 Å². The van der Waals surface area contributed by atoms with Gasteiger partial charge in [0.25, 0.3) is 0 Å². The van der Waals surface area contributed by atoms with Gasteiger partial charge >= 0.3 is 5.17 Å². The number of hydrogen-bond donors (Lipinski definition) is 2. The highest BCUT2D eigenvalue weighted by Crippen LogP contribution is 2.07. The van der Waals surface area contributed by atoms with Gasteiger partial charge in [-0.1, -0.05) is 36.4 Å². The van der Waals surface area contributed by atoms with Crippen molar-refractivity contribution < 1.29 is 4.99 Å². The fourth-order valence-corrected chi connectivity index (χ4v) is 1.88. The number of hydrogen-bond acceptors (Lipinski definition) is 1. The molecule has 0 bridgehead atoms. The van der Waals surface area contributed by atoms with Crippen LogP contribution in [-0.2, 0) is 0 Å².